The van der Waals surface area contributed by atoms with Crippen molar-refractivity contribution in [3.8, 4) is 0 Å². The summed E-state index contributed by atoms with van der Waals surface area (Å²) in [5.41, 5.74) is 14.4. The van der Waals surface area contributed by atoms with Crippen molar-refractivity contribution in [1.82, 2.24) is 0 Å². The first-order chi connectivity index (χ1) is 18.6. The van der Waals surface area contributed by atoms with Crippen LogP contribution in [0.4, 0.5) is 10.0 Å². The summed E-state index contributed by atoms with van der Waals surface area (Å²) in [4.78, 5) is 52.5. The molecule has 4 amide bonds. The molecule has 2 aliphatic carbocycles. The van der Waals surface area contributed by atoms with E-state index in [0.717, 1.165) is 59.4 Å². The van der Waals surface area contributed by atoms with Gasteiger partial charge in [0.25, 0.3) is 11.8 Å². The van der Waals surface area contributed by atoms with Crippen molar-refractivity contribution >= 4 is 56.3 Å². The summed E-state index contributed by atoms with van der Waals surface area (Å²) in [6.07, 6.45) is 5.02. The molecule has 4 rings (SSSR count). The smallest absolute Gasteiger partial charge is 0.251 e. The molecule has 2 unspecified atom stereocenters. The Kier molecular flexibility index (Phi) is 8.53. The van der Waals surface area contributed by atoms with E-state index in [0.29, 0.717) is 33.0 Å². The first-order valence-corrected chi connectivity index (χ1v) is 15.7. The van der Waals surface area contributed by atoms with Crippen LogP contribution in [-0.4, -0.2) is 23.6 Å². The zero-order valence-corrected chi connectivity index (χ0v) is 26.0. The number of primary amides is 2. The van der Waals surface area contributed by atoms with Crippen LogP contribution in [0.15, 0.2) is 0 Å². The number of hydrogen-bond acceptors (Lipinski definition) is 6. The van der Waals surface area contributed by atoms with Gasteiger partial charge in [-0.2, -0.15) is 0 Å². The van der Waals surface area contributed by atoms with E-state index in [2.05, 4.69) is 52.2 Å². The molecule has 2 heterocycles. The lowest BCUT2D eigenvalue weighted by molar-refractivity contribution is -0.121. The maximum absolute atomic E-state index is 12.8. The molecule has 6 N–H and O–H groups in total. The van der Waals surface area contributed by atoms with Crippen LogP contribution in [0, 0.1) is 22.7 Å². The second kappa shape index (κ2) is 11.3. The molecule has 0 aromatic carbocycles. The van der Waals surface area contributed by atoms with Crippen molar-refractivity contribution in [2.24, 2.45) is 34.1 Å². The SMILES string of the molecule is CC(C)(C)C1CCc2c(sc(NC(=O)CCC(=O)Nc3sc4c(c3C(N)=O)CCC(C(C)(C)C)C4)c2C(N)=O)C1. The molecular weight excluding hydrogens is 544 g/mol. The monoisotopic (exact) mass is 586 g/mol. The van der Waals surface area contributed by atoms with Crippen molar-refractivity contribution in [2.75, 3.05) is 10.6 Å². The number of fused-ring (bicyclic) bond motifs is 2. The van der Waals surface area contributed by atoms with Crippen molar-refractivity contribution in [2.45, 2.75) is 92.9 Å². The molecule has 2 atom stereocenters. The number of thiophene rings is 2. The van der Waals surface area contributed by atoms with Crippen molar-refractivity contribution in [3.05, 3.63) is 32.0 Å². The van der Waals surface area contributed by atoms with E-state index in [1.54, 1.807) is 0 Å². The van der Waals surface area contributed by atoms with E-state index in [1.807, 2.05) is 0 Å². The highest BCUT2D eigenvalue weighted by Crippen LogP contribution is 2.45. The van der Waals surface area contributed by atoms with E-state index >= 15 is 0 Å². The van der Waals surface area contributed by atoms with Crippen molar-refractivity contribution in [3.63, 3.8) is 0 Å². The number of nitrogens with two attached hydrogens (primary N) is 2. The molecule has 0 bridgehead atoms. The van der Waals surface area contributed by atoms with Gasteiger partial charge in [-0.3, -0.25) is 19.2 Å². The Hall–Kier alpha value is -2.72. The van der Waals surface area contributed by atoms with Crippen molar-refractivity contribution in [1.29, 1.82) is 0 Å². The molecule has 0 saturated carbocycles. The van der Waals surface area contributed by atoms with Gasteiger partial charge in [0, 0.05) is 22.6 Å². The maximum atomic E-state index is 12.8. The average molecular weight is 587 g/mol. The van der Waals surface area contributed by atoms with Crippen LogP contribution in [0.1, 0.15) is 109 Å². The summed E-state index contributed by atoms with van der Waals surface area (Å²) < 4.78 is 0. The molecule has 0 spiro atoms. The fourth-order valence-corrected chi connectivity index (χ4v) is 8.65. The lowest BCUT2D eigenvalue weighted by atomic mass is 9.72. The summed E-state index contributed by atoms with van der Waals surface area (Å²) in [6, 6.07) is 0. The van der Waals surface area contributed by atoms with E-state index in [-0.39, 0.29) is 35.5 Å². The number of anilines is 2. The summed E-state index contributed by atoms with van der Waals surface area (Å²) in [6.45, 7) is 13.3. The number of amides is 4. The summed E-state index contributed by atoms with van der Waals surface area (Å²) in [5, 5.41) is 6.61. The van der Waals surface area contributed by atoms with Gasteiger partial charge in [0.2, 0.25) is 11.8 Å². The standard InChI is InChI=1S/C30H42N4O4S2/c1-29(2,3)15-7-9-17-19(13-15)39-27(23(17)25(31)37)33-21(35)11-12-22(36)34-28-24(26(32)38)18-10-8-16(30(4,5)6)14-20(18)40-28/h15-16H,7-14H2,1-6H3,(H2,31,37)(H2,32,38)(H,33,35)(H,34,36). The third kappa shape index (κ3) is 6.43. The van der Waals surface area contributed by atoms with Crippen LogP contribution in [0.3, 0.4) is 0 Å². The van der Waals surface area contributed by atoms with Crippen LogP contribution in [-0.2, 0) is 35.3 Å². The van der Waals surface area contributed by atoms with Gasteiger partial charge in [0.05, 0.1) is 11.1 Å². The highest BCUT2D eigenvalue weighted by Gasteiger charge is 2.35. The van der Waals surface area contributed by atoms with Gasteiger partial charge in [0.1, 0.15) is 10.0 Å². The van der Waals surface area contributed by atoms with Gasteiger partial charge in [-0.05, 0) is 72.3 Å². The lowest BCUT2D eigenvalue weighted by Gasteiger charge is -2.33. The molecule has 40 heavy (non-hydrogen) atoms. The van der Waals surface area contributed by atoms with E-state index in [1.165, 1.54) is 22.7 Å². The normalized spacial score (nSPS) is 18.9. The molecule has 218 valence electrons. The largest absolute Gasteiger partial charge is 0.365 e. The van der Waals surface area contributed by atoms with E-state index in [9.17, 15) is 19.2 Å². The number of hydrogen-bond donors (Lipinski definition) is 4. The molecule has 0 saturated heterocycles. The second-order valence-corrected chi connectivity index (χ2v) is 15.6. The zero-order valence-electron chi connectivity index (χ0n) is 24.4. The highest BCUT2D eigenvalue weighted by atomic mass is 32.1. The number of carbonyl (C=O) groups excluding carboxylic acids is 4. The summed E-state index contributed by atoms with van der Waals surface area (Å²) >= 11 is 2.83. The van der Waals surface area contributed by atoms with Crippen LogP contribution < -0.4 is 22.1 Å². The Labute approximate surface area is 244 Å². The van der Waals surface area contributed by atoms with Gasteiger partial charge >= 0.3 is 0 Å². The fourth-order valence-electron chi connectivity index (χ4n) is 5.95. The Balaban J connectivity index is 1.41. The zero-order chi connectivity index (χ0) is 29.6. The second-order valence-electron chi connectivity index (χ2n) is 13.4. The molecule has 2 aliphatic rings. The first-order valence-electron chi connectivity index (χ1n) is 14.0. The fraction of sp³-hybridized carbons (Fsp3) is 0.600. The van der Waals surface area contributed by atoms with E-state index in [4.69, 9.17) is 11.5 Å². The Bertz CT molecular complexity index is 1240. The number of carbonyl (C=O) groups is 4. The molecule has 8 nitrogen and oxygen atoms in total. The third-order valence-corrected chi connectivity index (χ3v) is 10.9. The van der Waals surface area contributed by atoms with Crippen molar-refractivity contribution < 1.29 is 19.2 Å². The predicted molar refractivity (Wildman–Crippen MR) is 162 cm³/mol. The summed E-state index contributed by atoms with van der Waals surface area (Å²) in [5.74, 6) is -0.851. The lowest BCUT2D eigenvalue weighted by Crippen LogP contribution is -2.27. The minimum absolute atomic E-state index is 0.0691. The quantitative estimate of drug-likeness (QED) is 0.331. The first kappa shape index (κ1) is 30.2. The van der Waals surface area contributed by atoms with E-state index < -0.39 is 11.8 Å². The average Bonchev–Trinajstić information content (AvgIpc) is 3.37. The minimum Gasteiger partial charge on any atom is -0.365 e. The minimum atomic E-state index is -0.547. The molecule has 2 aromatic rings. The maximum Gasteiger partial charge on any atom is 0.251 e. The molecule has 10 heteroatoms. The number of nitrogens with one attached hydrogen (secondary N) is 2. The van der Waals surface area contributed by atoms with Gasteiger partial charge in [-0.15, -0.1) is 22.7 Å². The van der Waals surface area contributed by atoms with Crippen LogP contribution in [0.2, 0.25) is 0 Å². The Morgan fingerprint density at radius 1 is 0.700 bits per heavy atom. The molecule has 2 aromatic heterocycles. The molecule has 0 fully saturated rings. The number of rotatable bonds is 7. The van der Waals surface area contributed by atoms with Crippen LogP contribution in [0.5, 0.6) is 0 Å². The highest BCUT2D eigenvalue weighted by molar-refractivity contribution is 7.17. The Morgan fingerprint density at radius 3 is 1.35 bits per heavy atom. The van der Waals surface area contributed by atoms with Gasteiger partial charge in [0.15, 0.2) is 0 Å². The molecular formula is C30H42N4O4S2. The van der Waals surface area contributed by atoms with Crippen LogP contribution >= 0.6 is 22.7 Å². The van der Waals surface area contributed by atoms with Gasteiger partial charge in [-0.1, -0.05) is 41.5 Å². The topological polar surface area (TPSA) is 144 Å². The summed E-state index contributed by atoms with van der Waals surface area (Å²) in [7, 11) is 0. The predicted octanol–water partition coefficient (Wildman–Crippen LogP) is 5.67. The molecule has 0 aliphatic heterocycles. The molecule has 0 radical (unpaired) electrons. The van der Waals surface area contributed by atoms with Crippen LogP contribution in [0.25, 0.3) is 0 Å². The van der Waals surface area contributed by atoms with Gasteiger partial charge in [-0.25, -0.2) is 0 Å². The Morgan fingerprint density at radius 2 is 1.05 bits per heavy atom. The third-order valence-electron chi connectivity index (χ3n) is 8.56. The van der Waals surface area contributed by atoms with Gasteiger partial charge < -0.3 is 22.1 Å².